The van der Waals surface area contributed by atoms with Gasteiger partial charge >= 0.3 is 0 Å². The van der Waals surface area contributed by atoms with E-state index >= 15 is 0 Å². The second-order valence-electron chi connectivity index (χ2n) is 7.64. The summed E-state index contributed by atoms with van der Waals surface area (Å²) in [5.74, 6) is 0.885. The summed E-state index contributed by atoms with van der Waals surface area (Å²) in [5.41, 5.74) is 2.00. The highest BCUT2D eigenvalue weighted by atomic mass is 79.9. The Morgan fingerprint density at radius 3 is 2.32 bits per heavy atom. The summed E-state index contributed by atoms with van der Waals surface area (Å²) in [6, 6.07) is 0. The fourth-order valence-electron chi connectivity index (χ4n) is 4.11. The predicted octanol–water partition coefficient (Wildman–Crippen LogP) is 4.09. The van der Waals surface area contributed by atoms with Crippen LogP contribution < -0.4 is 0 Å². The van der Waals surface area contributed by atoms with Crippen LogP contribution in [-0.2, 0) is 4.74 Å². The van der Waals surface area contributed by atoms with Gasteiger partial charge in [-0.25, -0.2) is 0 Å². The first-order chi connectivity index (χ1) is 11.8. The summed E-state index contributed by atoms with van der Waals surface area (Å²) in [5, 5.41) is 0. The summed E-state index contributed by atoms with van der Waals surface area (Å²) in [6.07, 6.45) is 2.86. The summed E-state index contributed by atoms with van der Waals surface area (Å²) in [4.78, 5) is 18.7. The van der Waals surface area contributed by atoms with Crippen molar-refractivity contribution >= 4 is 33.2 Å². The molecule has 0 saturated carbocycles. The van der Waals surface area contributed by atoms with Crippen molar-refractivity contribution in [2.45, 2.75) is 52.7 Å². The van der Waals surface area contributed by atoms with E-state index in [2.05, 4.69) is 48.5 Å². The van der Waals surface area contributed by atoms with Crippen LogP contribution in [0.1, 0.15) is 47.5 Å². The maximum absolute atomic E-state index is 12.9. The average Bonchev–Trinajstić information content (AvgIpc) is 2.79. The van der Waals surface area contributed by atoms with Crippen LogP contribution in [0, 0.1) is 19.8 Å². The van der Waals surface area contributed by atoms with Crippen molar-refractivity contribution in [2.24, 2.45) is 5.92 Å². The average molecular weight is 429 g/mol. The van der Waals surface area contributed by atoms with Crippen molar-refractivity contribution in [1.82, 2.24) is 9.80 Å². The minimum Gasteiger partial charge on any atom is -0.373 e. The third-order valence-electron chi connectivity index (χ3n) is 5.47. The molecule has 1 amide bonds. The normalized spacial score (nSPS) is 26.2. The Balaban J connectivity index is 1.54. The van der Waals surface area contributed by atoms with Crippen molar-refractivity contribution in [2.75, 3.05) is 32.7 Å². The highest BCUT2D eigenvalue weighted by Crippen LogP contribution is 2.34. The molecule has 0 radical (unpaired) electrons. The van der Waals surface area contributed by atoms with Crippen LogP contribution in [0.25, 0.3) is 0 Å². The first-order valence-electron chi connectivity index (χ1n) is 9.27. The summed E-state index contributed by atoms with van der Waals surface area (Å²) in [6.45, 7) is 13.4. The molecule has 3 heterocycles. The largest absolute Gasteiger partial charge is 0.373 e. The van der Waals surface area contributed by atoms with Crippen molar-refractivity contribution in [3.05, 3.63) is 19.8 Å². The molecule has 140 valence electrons. The van der Waals surface area contributed by atoms with E-state index in [1.54, 1.807) is 11.3 Å². The van der Waals surface area contributed by atoms with Crippen molar-refractivity contribution in [1.29, 1.82) is 0 Å². The van der Waals surface area contributed by atoms with Gasteiger partial charge in [-0.2, -0.15) is 0 Å². The number of hydrogen-bond donors (Lipinski definition) is 0. The van der Waals surface area contributed by atoms with Crippen LogP contribution >= 0.6 is 27.3 Å². The lowest BCUT2D eigenvalue weighted by atomic mass is 9.95. The Morgan fingerprint density at radius 2 is 1.80 bits per heavy atom. The van der Waals surface area contributed by atoms with Gasteiger partial charge in [-0.3, -0.25) is 9.69 Å². The zero-order chi connectivity index (χ0) is 18.1. The number of aryl methyl sites for hydroxylation is 1. The summed E-state index contributed by atoms with van der Waals surface area (Å²) in [7, 11) is 0. The molecule has 0 aliphatic carbocycles. The fourth-order valence-corrected chi connectivity index (χ4v) is 6.17. The van der Waals surface area contributed by atoms with Crippen molar-refractivity contribution in [3.8, 4) is 0 Å². The van der Waals surface area contributed by atoms with Crippen molar-refractivity contribution in [3.63, 3.8) is 0 Å². The number of amides is 1. The molecule has 2 aliphatic heterocycles. The molecular weight excluding hydrogens is 400 g/mol. The van der Waals surface area contributed by atoms with Crippen LogP contribution in [0.3, 0.4) is 0 Å². The third-order valence-corrected chi connectivity index (χ3v) is 7.35. The highest BCUT2D eigenvalue weighted by molar-refractivity contribution is 9.11. The molecule has 6 heteroatoms. The lowest BCUT2D eigenvalue weighted by molar-refractivity contribution is -0.0728. The molecule has 2 atom stereocenters. The molecule has 2 saturated heterocycles. The molecule has 0 spiro atoms. The molecule has 0 unspecified atom stereocenters. The molecule has 0 N–H and O–H groups in total. The second-order valence-corrected chi connectivity index (χ2v) is 10.2. The molecule has 25 heavy (non-hydrogen) atoms. The second kappa shape index (κ2) is 8.07. The lowest BCUT2D eigenvalue weighted by Crippen LogP contribution is -2.48. The molecule has 4 nitrogen and oxygen atoms in total. The number of morpholine rings is 1. The summed E-state index contributed by atoms with van der Waals surface area (Å²) >= 11 is 5.24. The van der Waals surface area contributed by atoms with Crippen LogP contribution in [0.2, 0.25) is 0 Å². The number of nitrogens with zero attached hydrogens (tertiary/aromatic N) is 2. The van der Waals surface area contributed by atoms with Gasteiger partial charge in [0, 0.05) is 37.6 Å². The minimum absolute atomic E-state index is 0.195. The van der Waals surface area contributed by atoms with Crippen LogP contribution in [0.5, 0.6) is 0 Å². The smallest absolute Gasteiger partial charge is 0.256 e. The molecule has 2 aliphatic rings. The molecule has 0 bridgehead atoms. The molecular formula is C19H29BrN2O2S. The Hall–Kier alpha value is -0.430. The molecule has 1 aromatic rings. The maximum Gasteiger partial charge on any atom is 0.256 e. The van der Waals surface area contributed by atoms with E-state index in [0.29, 0.717) is 18.1 Å². The number of halogens is 1. The number of carbonyl (C=O) groups is 1. The fraction of sp³-hybridized carbons (Fsp3) is 0.737. The Kier molecular flexibility index (Phi) is 6.24. The Labute approximate surface area is 163 Å². The zero-order valence-corrected chi connectivity index (χ0v) is 18.1. The third kappa shape index (κ3) is 4.46. The molecule has 2 fully saturated rings. The molecule has 1 aromatic heterocycles. The van der Waals surface area contributed by atoms with E-state index in [1.165, 1.54) is 4.88 Å². The number of thiophene rings is 1. The van der Waals surface area contributed by atoms with E-state index in [9.17, 15) is 4.79 Å². The topological polar surface area (TPSA) is 32.8 Å². The minimum atomic E-state index is 0.195. The Morgan fingerprint density at radius 1 is 1.20 bits per heavy atom. The van der Waals surface area contributed by atoms with Gasteiger partial charge in [0.05, 0.1) is 21.6 Å². The number of hydrogen-bond acceptors (Lipinski definition) is 4. The number of piperidine rings is 1. The van der Waals surface area contributed by atoms with E-state index in [1.807, 2.05) is 4.90 Å². The van der Waals surface area contributed by atoms with Gasteiger partial charge in [0.2, 0.25) is 0 Å². The lowest BCUT2D eigenvalue weighted by Gasteiger charge is -2.39. The highest BCUT2D eigenvalue weighted by Gasteiger charge is 2.30. The first-order valence-corrected chi connectivity index (χ1v) is 10.9. The first kappa shape index (κ1) is 19.3. The van der Waals surface area contributed by atoms with Crippen LogP contribution in [0.15, 0.2) is 3.79 Å². The monoisotopic (exact) mass is 428 g/mol. The van der Waals surface area contributed by atoms with Gasteiger partial charge in [-0.15, -0.1) is 11.3 Å². The van der Waals surface area contributed by atoms with Gasteiger partial charge in [0.1, 0.15) is 0 Å². The standard InChI is InChI=1S/C19H29BrN2O2S/c1-12-9-21(10-13(2)24-12)11-16-5-7-22(8-6-16)19(23)17-14(3)15(4)25-18(17)20/h12-13,16H,5-11H2,1-4H3/t12-,13+. The quantitative estimate of drug-likeness (QED) is 0.726. The number of rotatable bonds is 3. The van der Waals surface area contributed by atoms with Crippen molar-refractivity contribution < 1.29 is 9.53 Å². The number of ether oxygens (including phenoxy) is 1. The van der Waals surface area contributed by atoms with Gasteiger partial charge in [0.15, 0.2) is 0 Å². The summed E-state index contributed by atoms with van der Waals surface area (Å²) < 4.78 is 6.81. The van der Waals surface area contributed by atoms with Gasteiger partial charge in [0.25, 0.3) is 5.91 Å². The van der Waals surface area contributed by atoms with E-state index < -0.39 is 0 Å². The van der Waals surface area contributed by atoms with Gasteiger partial charge < -0.3 is 9.64 Å². The van der Waals surface area contributed by atoms with E-state index in [4.69, 9.17) is 4.74 Å². The van der Waals surface area contributed by atoms with Gasteiger partial charge in [-0.05, 0) is 67.9 Å². The Bertz CT molecular complexity index is 615. The van der Waals surface area contributed by atoms with Gasteiger partial charge in [-0.1, -0.05) is 0 Å². The number of likely N-dealkylation sites (tertiary alicyclic amines) is 1. The number of carbonyl (C=O) groups excluding carboxylic acids is 1. The van der Waals surface area contributed by atoms with E-state index in [-0.39, 0.29) is 5.91 Å². The SMILES string of the molecule is Cc1sc(Br)c(C(=O)N2CCC(CN3C[C@@H](C)O[C@@H](C)C3)CC2)c1C. The van der Waals surface area contributed by atoms with Crippen LogP contribution in [0.4, 0.5) is 0 Å². The molecule has 0 aromatic carbocycles. The van der Waals surface area contributed by atoms with E-state index in [0.717, 1.165) is 60.5 Å². The maximum atomic E-state index is 12.9. The zero-order valence-electron chi connectivity index (χ0n) is 15.7. The predicted molar refractivity (Wildman–Crippen MR) is 107 cm³/mol. The van der Waals surface area contributed by atoms with Crippen LogP contribution in [-0.4, -0.2) is 60.6 Å². The molecule has 3 rings (SSSR count).